The first-order valence-electron chi connectivity index (χ1n) is 8.37. The van der Waals surface area contributed by atoms with Crippen molar-refractivity contribution in [2.45, 2.75) is 40.0 Å². The van der Waals surface area contributed by atoms with Gasteiger partial charge >= 0.3 is 0 Å². The lowest BCUT2D eigenvalue weighted by Gasteiger charge is -2.22. The molecule has 0 amide bonds. The Morgan fingerprint density at radius 3 is 2.64 bits per heavy atom. The number of para-hydroxylation sites is 1. The predicted octanol–water partition coefficient (Wildman–Crippen LogP) is 4.07. The van der Waals surface area contributed by atoms with E-state index in [9.17, 15) is 0 Å². The van der Waals surface area contributed by atoms with Gasteiger partial charge in [0.1, 0.15) is 5.75 Å². The monoisotopic (exact) mass is 304 g/mol. The Labute approximate surface area is 136 Å². The summed E-state index contributed by atoms with van der Waals surface area (Å²) in [5.74, 6) is 1.73. The van der Waals surface area contributed by atoms with Crippen LogP contribution in [0.5, 0.6) is 5.75 Å². The minimum absolute atomic E-state index is 0.720. The summed E-state index contributed by atoms with van der Waals surface area (Å²) in [5.41, 5.74) is 2.53. The van der Waals surface area contributed by atoms with E-state index in [1.807, 2.05) is 19.2 Å². The molecule has 0 aliphatic heterocycles. The van der Waals surface area contributed by atoms with E-state index in [2.05, 4.69) is 42.8 Å². The Morgan fingerprint density at radius 2 is 2.00 bits per heavy atom. The zero-order chi connectivity index (χ0) is 16.4. The number of ether oxygens (including phenoxy) is 1. The molecule has 1 unspecified atom stereocenters. The van der Waals surface area contributed by atoms with Gasteiger partial charge in [0.15, 0.2) is 0 Å². The number of nitrogens with zero attached hydrogens (tertiary/aromatic N) is 2. The molecule has 0 fully saturated rings. The van der Waals surface area contributed by atoms with E-state index in [1.54, 1.807) is 7.11 Å². The molecular weight excluding hydrogens is 272 g/mol. The summed E-state index contributed by atoms with van der Waals surface area (Å²) >= 11 is 0. The summed E-state index contributed by atoms with van der Waals surface area (Å²) in [6.07, 6.45) is 3.53. The average molecular weight is 304 g/mol. The fourth-order valence-electron chi connectivity index (χ4n) is 2.60. The van der Waals surface area contributed by atoms with Crippen LogP contribution in [-0.2, 0) is 6.42 Å². The zero-order valence-electron chi connectivity index (χ0n) is 14.9. The zero-order valence-corrected chi connectivity index (χ0v) is 14.9. The number of methoxy groups -OCH3 is 1. The first kappa shape index (κ1) is 18.7. The molecule has 0 radical (unpaired) electrons. The summed E-state index contributed by atoms with van der Waals surface area (Å²) in [4.78, 5) is 6.73. The molecule has 3 heteroatoms. The van der Waals surface area contributed by atoms with Crippen LogP contribution < -0.4 is 4.74 Å². The standard InChI is InChI=1S/C19H32N2O/c1-6-21(15-17(3)20-4)14-13-16(2)11-12-18-9-7-8-10-19(18)22-5/h7-10,16H,6,11-15H2,1-5H3. The molecule has 0 aromatic heterocycles. The molecule has 0 aliphatic carbocycles. The van der Waals surface area contributed by atoms with Gasteiger partial charge in [-0.15, -0.1) is 0 Å². The van der Waals surface area contributed by atoms with Crippen LogP contribution in [0.3, 0.4) is 0 Å². The van der Waals surface area contributed by atoms with Crippen molar-refractivity contribution in [3.8, 4) is 5.75 Å². The fraction of sp³-hybridized carbons (Fsp3) is 0.632. The molecule has 0 N–H and O–H groups in total. The fourth-order valence-corrected chi connectivity index (χ4v) is 2.60. The van der Waals surface area contributed by atoms with Crippen LogP contribution in [-0.4, -0.2) is 44.4 Å². The Balaban J connectivity index is 2.38. The molecule has 0 aliphatic rings. The van der Waals surface area contributed by atoms with Crippen LogP contribution in [0.2, 0.25) is 0 Å². The summed E-state index contributed by atoms with van der Waals surface area (Å²) in [6.45, 7) is 9.91. The van der Waals surface area contributed by atoms with E-state index in [0.717, 1.165) is 37.7 Å². The van der Waals surface area contributed by atoms with Gasteiger partial charge in [0, 0.05) is 19.3 Å². The normalized spacial score (nSPS) is 13.5. The molecule has 0 saturated heterocycles. The Kier molecular flexibility index (Phi) is 8.83. The second-order valence-corrected chi connectivity index (χ2v) is 6.07. The Morgan fingerprint density at radius 1 is 1.27 bits per heavy atom. The van der Waals surface area contributed by atoms with Crippen LogP contribution in [0.1, 0.15) is 39.2 Å². The molecule has 0 spiro atoms. The summed E-state index contributed by atoms with van der Waals surface area (Å²) in [7, 11) is 3.62. The van der Waals surface area contributed by atoms with Crippen molar-refractivity contribution in [1.29, 1.82) is 0 Å². The third-order valence-corrected chi connectivity index (χ3v) is 4.32. The van der Waals surface area contributed by atoms with Crippen molar-refractivity contribution in [3.05, 3.63) is 29.8 Å². The highest BCUT2D eigenvalue weighted by atomic mass is 16.5. The molecule has 3 nitrogen and oxygen atoms in total. The van der Waals surface area contributed by atoms with Gasteiger partial charge in [-0.25, -0.2) is 0 Å². The van der Waals surface area contributed by atoms with Crippen molar-refractivity contribution in [2.24, 2.45) is 10.9 Å². The first-order chi connectivity index (χ1) is 10.6. The number of benzene rings is 1. The molecule has 1 atom stereocenters. The summed E-state index contributed by atoms with van der Waals surface area (Å²) in [6, 6.07) is 8.34. The molecule has 0 bridgehead atoms. The highest BCUT2D eigenvalue weighted by Crippen LogP contribution is 2.21. The second-order valence-electron chi connectivity index (χ2n) is 6.07. The van der Waals surface area contributed by atoms with Crippen molar-refractivity contribution >= 4 is 5.71 Å². The number of aliphatic imine (C=N–C) groups is 1. The quantitative estimate of drug-likeness (QED) is 0.609. The van der Waals surface area contributed by atoms with Gasteiger partial charge in [0.2, 0.25) is 0 Å². The van der Waals surface area contributed by atoms with Gasteiger partial charge in [-0.05, 0) is 56.8 Å². The van der Waals surface area contributed by atoms with E-state index in [1.165, 1.54) is 24.1 Å². The van der Waals surface area contributed by atoms with Crippen LogP contribution in [0.25, 0.3) is 0 Å². The van der Waals surface area contributed by atoms with E-state index in [0.29, 0.717) is 0 Å². The maximum absolute atomic E-state index is 5.43. The number of hydrogen-bond acceptors (Lipinski definition) is 3. The maximum Gasteiger partial charge on any atom is 0.122 e. The van der Waals surface area contributed by atoms with E-state index in [4.69, 9.17) is 4.74 Å². The minimum atomic E-state index is 0.720. The van der Waals surface area contributed by atoms with Crippen molar-refractivity contribution in [2.75, 3.05) is 33.8 Å². The van der Waals surface area contributed by atoms with Gasteiger partial charge in [-0.3, -0.25) is 9.89 Å². The third-order valence-electron chi connectivity index (χ3n) is 4.32. The van der Waals surface area contributed by atoms with Crippen LogP contribution >= 0.6 is 0 Å². The van der Waals surface area contributed by atoms with Gasteiger partial charge in [-0.2, -0.15) is 0 Å². The van der Waals surface area contributed by atoms with Gasteiger partial charge in [0.25, 0.3) is 0 Å². The number of aryl methyl sites for hydroxylation is 1. The lowest BCUT2D eigenvalue weighted by atomic mass is 9.97. The molecule has 0 saturated carbocycles. The van der Waals surface area contributed by atoms with E-state index >= 15 is 0 Å². The third kappa shape index (κ3) is 6.61. The highest BCUT2D eigenvalue weighted by Gasteiger charge is 2.09. The van der Waals surface area contributed by atoms with Gasteiger partial charge in [-0.1, -0.05) is 32.0 Å². The van der Waals surface area contributed by atoms with Crippen molar-refractivity contribution < 1.29 is 4.74 Å². The van der Waals surface area contributed by atoms with E-state index < -0.39 is 0 Å². The van der Waals surface area contributed by atoms with Crippen molar-refractivity contribution in [1.82, 2.24) is 4.90 Å². The van der Waals surface area contributed by atoms with Crippen LogP contribution in [0, 0.1) is 5.92 Å². The SMILES string of the molecule is CCN(CCC(C)CCc1ccccc1OC)CC(C)=NC. The molecule has 1 rings (SSSR count). The Bertz CT molecular complexity index is 457. The van der Waals surface area contributed by atoms with Crippen LogP contribution in [0.4, 0.5) is 0 Å². The van der Waals surface area contributed by atoms with Gasteiger partial charge in [0.05, 0.1) is 7.11 Å². The summed E-state index contributed by atoms with van der Waals surface area (Å²) in [5, 5.41) is 0. The molecule has 1 aromatic carbocycles. The Hall–Kier alpha value is -1.35. The molecule has 0 heterocycles. The smallest absolute Gasteiger partial charge is 0.122 e. The van der Waals surface area contributed by atoms with Crippen molar-refractivity contribution in [3.63, 3.8) is 0 Å². The lowest BCUT2D eigenvalue weighted by Crippen LogP contribution is -2.30. The minimum Gasteiger partial charge on any atom is -0.496 e. The predicted molar refractivity (Wildman–Crippen MR) is 96.2 cm³/mol. The largest absolute Gasteiger partial charge is 0.496 e. The average Bonchev–Trinajstić information content (AvgIpc) is 2.56. The number of rotatable bonds is 10. The molecule has 124 valence electrons. The maximum atomic E-state index is 5.43. The number of hydrogen-bond donors (Lipinski definition) is 0. The molecular formula is C19H32N2O. The van der Waals surface area contributed by atoms with E-state index in [-0.39, 0.29) is 0 Å². The van der Waals surface area contributed by atoms with Gasteiger partial charge < -0.3 is 4.74 Å². The second kappa shape index (κ2) is 10.4. The lowest BCUT2D eigenvalue weighted by molar-refractivity contribution is 0.294. The molecule has 1 aromatic rings. The highest BCUT2D eigenvalue weighted by molar-refractivity contribution is 5.83. The molecule has 22 heavy (non-hydrogen) atoms. The van der Waals surface area contributed by atoms with Crippen LogP contribution in [0.15, 0.2) is 29.3 Å². The summed E-state index contributed by atoms with van der Waals surface area (Å²) < 4.78 is 5.43. The topological polar surface area (TPSA) is 24.8 Å². The first-order valence-corrected chi connectivity index (χ1v) is 8.37.